The standard InChI is InChI=1S/C11H17NO2/c1-11(13,8-12)7-9-4-3-5-10(6-9)14-2/h3-6,13H,7-8,12H2,1-2H3. The van der Waals surface area contributed by atoms with E-state index in [9.17, 15) is 5.11 Å². The molecule has 3 nitrogen and oxygen atoms in total. The molecule has 3 N–H and O–H groups in total. The fourth-order valence-corrected chi connectivity index (χ4v) is 1.29. The van der Waals surface area contributed by atoms with Crippen LogP contribution in [0.2, 0.25) is 0 Å². The maximum atomic E-state index is 9.77. The van der Waals surface area contributed by atoms with Crippen LogP contribution in [0.5, 0.6) is 5.75 Å². The molecule has 1 atom stereocenters. The molecule has 0 amide bonds. The normalized spacial score (nSPS) is 14.9. The second-order valence-corrected chi connectivity index (χ2v) is 3.73. The SMILES string of the molecule is COc1cccc(CC(C)(O)CN)c1. The Kier molecular flexibility index (Phi) is 3.49. The summed E-state index contributed by atoms with van der Waals surface area (Å²) < 4.78 is 5.09. The number of methoxy groups -OCH3 is 1. The zero-order chi connectivity index (χ0) is 10.6. The van der Waals surface area contributed by atoms with Crippen LogP contribution in [0.4, 0.5) is 0 Å². The van der Waals surface area contributed by atoms with Gasteiger partial charge in [-0.25, -0.2) is 0 Å². The highest BCUT2D eigenvalue weighted by Gasteiger charge is 2.18. The molecule has 0 aliphatic rings. The molecule has 0 heterocycles. The van der Waals surface area contributed by atoms with Crippen LogP contribution in [0.25, 0.3) is 0 Å². The Morgan fingerprint density at radius 2 is 2.21 bits per heavy atom. The molecule has 0 aliphatic heterocycles. The first-order valence-corrected chi connectivity index (χ1v) is 4.63. The van der Waals surface area contributed by atoms with Gasteiger partial charge in [0.25, 0.3) is 0 Å². The fraction of sp³-hybridized carbons (Fsp3) is 0.455. The van der Waals surface area contributed by atoms with Crippen molar-refractivity contribution in [2.45, 2.75) is 18.9 Å². The minimum absolute atomic E-state index is 0.254. The topological polar surface area (TPSA) is 55.5 Å². The van der Waals surface area contributed by atoms with Gasteiger partial charge in [0, 0.05) is 13.0 Å². The molecule has 0 radical (unpaired) electrons. The summed E-state index contributed by atoms with van der Waals surface area (Å²) in [5.41, 5.74) is 5.63. The Morgan fingerprint density at radius 3 is 2.79 bits per heavy atom. The average Bonchev–Trinajstić information content (AvgIpc) is 2.17. The molecular weight excluding hydrogens is 178 g/mol. The molecule has 0 bridgehead atoms. The summed E-state index contributed by atoms with van der Waals surface area (Å²) in [4.78, 5) is 0. The van der Waals surface area contributed by atoms with E-state index in [-0.39, 0.29) is 6.54 Å². The number of benzene rings is 1. The Labute approximate surface area is 84.5 Å². The number of aliphatic hydroxyl groups is 1. The van der Waals surface area contributed by atoms with Gasteiger partial charge in [-0.3, -0.25) is 0 Å². The van der Waals surface area contributed by atoms with Crippen molar-refractivity contribution >= 4 is 0 Å². The Hall–Kier alpha value is -1.06. The van der Waals surface area contributed by atoms with Gasteiger partial charge in [-0.2, -0.15) is 0 Å². The van der Waals surface area contributed by atoms with Gasteiger partial charge in [-0.05, 0) is 24.6 Å². The lowest BCUT2D eigenvalue weighted by Gasteiger charge is -2.21. The van der Waals surface area contributed by atoms with Gasteiger partial charge in [0.1, 0.15) is 5.75 Å². The van der Waals surface area contributed by atoms with Crippen LogP contribution in [0.1, 0.15) is 12.5 Å². The van der Waals surface area contributed by atoms with E-state index in [1.807, 2.05) is 24.3 Å². The Bertz CT molecular complexity index is 297. The summed E-state index contributed by atoms with van der Waals surface area (Å²) in [6.45, 7) is 1.98. The number of hydrogen-bond acceptors (Lipinski definition) is 3. The monoisotopic (exact) mass is 195 g/mol. The molecule has 0 fully saturated rings. The summed E-state index contributed by atoms with van der Waals surface area (Å²) in [5, 5.41) is 9.77. The molecule has 1 unspecified atom stereocenters. The van der Waals surface area contributed by atoms with Gasteiger partial charge in [0.2, 0.25) is 0 Å². The van der Waals surface area contributed by atoms with Crippen molar-refractivity contribution in [3.05, 3.63) is 29.8 Å². The largest absolute Gasteiger partial charge is 0.497 e. The first-order valence-electron chi connectivity index (χ1n) is 4.63. The van der Waals surface area contributed by atoms with Gasteiger partial charge in [0.15, 0.2) is 0 Å². The van der Waals surface area contributed by atoms with Gasteiger partial charge in [-0.1, -0.05) is 12.1 Å². The third kappa shape index (κ3) is 3.01. The second-order valence-electron chi connectivity index (χ2n) is 3.73. The summed E-state index contributed by atoms with van der Waals surface area (Å²) >= 11 is 0. The van der Waals surface area contributed by atoms with E-state index in [0.717, 1.165) is 11.3 Å². The van der Waals surface area contributed by atoms with Crippen molar-refractivity contribution in [2.24, 2.45) is 5.73 Å². The molecule has 0 aromatic heterocycles. The number of nitrogens with two attached hydrogens (primary N) is 1. The van der Waals surface area contributed by atoms with Gasteiger partial charge in [-0.15, -0.1) is 0 Å². The molecule has 0 saturated carbocycles. The summed E-state index contributed by atoms with van der Waals surface area (Å²) in [6.07, 6.45) is 0.542. The fourth-order valence-electron chi connectivity index (χ4n) is 1.29. The van der Waals surface area contributed by atoms with Crippen LogP contribution in [-0.4, -0.2) is 24.4 Å². The van der Waals surface area contributed by atoms with E-state index in [0.29, 0.717) is 6.42 Å². The van der Waals surface area contributed by atoms with E-state index < -0.39 is 5.60 Å². The van der Waals surface area contributed by atoms with Crippen molar-refractivity contribution in [1.82, 2.24) is 0 Å². The third-order valence-corrected chi connectivity index (χ3v) is 2.16. The lowest BCUT2D eigenvalue weighted by atomic mass is 9.97. The average molecular weight is 195 g/mol. The Morgan fingerprint density at radius 1 is 1.50 bits per heavy atom. The van der Waals surface area contributed by atoms with Crippen LogP contribution in [0, 0.1) is 0 Å². The highest BCUT2D eigenvalue weighted by Crippen LogP contribution is 2.17. The number of rotatable bonds is 4. The zero-order valence-corrected chi connectivity index (χ0v) is 8.66. The first-order chi connectivity index (χ1) is 6.57. The van der Waals surface area contributed by atoms with Crippen molar-refractivity contribution in [3.8, 4) is 5.75 Å². The van der Waals surface area contributed by atoms with Crippen molar-refractivity contribution in [2.75, 3.05) is 13.7 Å². The predicted molar refractivity (Wildman–Crippen MR) is 56.4 cm³/mol. The van der Waals surface area contributed by atoms with Crippen LogP contribution in [0.3, 0.4) is 0 Å². The lowest BCUT2D eigenvalue weighted by Crippen LogP contribution is -2.36. The van der Waals surface area contributed by atoms with E-state index in [2.05, 4.69) is 0 Å². The van der Waals surface area contributed by atoms with E-state index in [4.69, 9.17) is 10.5 Å². The van der Waals surface area contributed by atoms with Crippen LogP contribution in [-0.2, 0) is 6.42 Å². The number of hydrogen-bond donors (Lipinski definition) is 2. The van der Waals surface area contributed by atoms with Crippen LogP contribution in [0.15, 0.2) is 24.3 Å². The molecule has 78 valence electrons. The molecule has 14 heavy (non-hydrogen) atoms. The van der Waals surface area contributed by atoms with Crippen LogP contribution < -0.4 is 10.5 Å². The third-order valence-electron chi connectivity index (χ3n) is 2.16. The van der Waals surface area contributed by atoms with Crippen LogP contribution >= 0.6 is 0 Å². The maximum absolute atomic E-state index is 9.77. The minimum Gasteiger partial charge on any atom is -0.497 e. The molecule has 0 aliphatic carbocycles. The molecule has 0 spiro atoms. The van der Waals surface area contributed by atoms with Crippen molar-refractivity contribution in [1.29, 1.82) is 0 Å². The zero-order valence-electron chi connectivity index (χ0n) is 8.66. The van der Waals surface area contributed by atoms with E-state index in [1.165, 1.54) is 0 Å². The maximum Gasteiger partial charge on any atom is 0.119 e. The molecule has 1 aromatic rings. The van der Waals surface area contributed by atoms with Gasteiger partial charge in [0.05, 0.1) is 12.7 Å². The van der Waals surface area contributed by atoms with E-state index >= 15 is 0 Å². The predicted octanol–water partition coefficient (Wildman–Crippen LogP) is 0.947. The number of ether oxygens (including phenoxy) is 1. The minimum atomic E-state index is -0.841. The van der Waals surface area contributed by atoms with Gasteiger partial charge >= 0.3 is 0 Å². The van der Waals surface area contributed by atoms with Crippen molar-refractivity contribution in [3.63, 3.8) is 0 Å². The highest BCUT2D eigenvalue weighted by atomic mass is 16.5. The molecule has 0 saturated heterocycles. The van der Waals surface area contributed by atoms with E-state index in [1.54, 1.807) is 14.0 Å². The first kappa shape index (κ1) is 11.0. The van der Waals surface area contributed by atoms with Crippen molar-refractivity contribution < 1.29 is 9.84 Å². The molecular formula is C11H17NO2. The smallest absolute Gasteiger partial charge is 0.119 e. The molecule has 1 aromatic carbocycles. The quantitative estimate of drug-likeness (QED) is 0.752. The lowest BCUT2D eigenvalue weighted by molar-refractivity contribution is 0.0696. The highest BCUT2D eigenvalue weighted by molar-refractivity contribution is 5.29. The van der Waals surface area contributed by atoms with Gasteiger partial charge < -0.3 is 15.6 Å². The molecule has 1 rings (SSSR count). The molecule has 3 heteroatoms. The summed E-state index contributed by atoms with van der Waals surface area (Å²) in [5.74, 6) is 0.801. The summed E-state index contributed by atoms with van der Waals surface area (Å²) in [7, 11) is 1.63. The Balaban J connectivity index is 2.76. The second kappa shape index (κ2) is 4.44. The summed E-state index contributed by atoms with van der Waals surface area (Å²) in [6, 6.07) is 7.64.